The lowest BCUT2D eigenvalue weighted by molar-refractivity contribution is -0.146. The number of nitrogens with one attached hydrogen (secondary N) is 1. The van der Waals surface area contributed by atoms with E-state index in [9.17, 15) is 26.4 Å². The molecule has 39 heavy (non-hydrogen) atoms. The van der Waals surface area contributed by atoms with Gasteiger partial charge in [0.2, 0.25) is 10.0 Å². The normalized spacial score (nSPS) is 17.5. The van der Waals surface area contributed by atoms with Gasteiger partial charge in [-0.1, -0.05) is 0 Å². The van der Waals surface area contributed by atoms with Gasteiger partial charge in [0, 0.05) is 37.1 Å². The van der Waals surface area contributed by atoms with Crippen LogP contribution in [0.3, 0.4) is 0 Å². The molecular formula is C23H29N3O10S3. The fourth-order valence-electron chi connectivity index (χ4n) is 3.90. The SMILES string of the molecule is COc1cc(S(=O)(=O)N2CCOCC2)ccc1NC(=O)COC(=O)Cc1ccc(S(=O)(=O)N2CCOCC2)s1. The van der Waals surface area contributed by atoms with Crippen molar-refractivity contribution in [1.82, 2.24) is 8.61 Å². The van der Waals surface area contributed by atoms with E-state index in [-0.39, 0.29) is 53.1 Å². The Hall–Kier alpha value is -2.60. The summed E-state index contributed by atoms with van der Waals surface area (Å²) in [6.45, 7) is 1.70. The van der Waals surface area contributed by atoms with Gasteiger partial charge in [-0.3, -0.25) is 9.59 Å². The van der Waals surface area contributed by atoms with E-state index in [1.165, 1.54) is 46.1 Å². The van der Waals surface area contributed by atoms with Crippen molar-refractivity contribution >= 4 is 48.9 Å². The Labute approximate surface area is 230 Å². The van der Waals surface area contributed by atoms with Gasteiger partial charge < -0.3 is 24.3 Å². The maximum atomic E-state index is 12.9. The van der Waals surface area contributed by atoms with Gasteiger partial charge in [-0.2, -0.15) is 8.61 Å². The van der Waals surface area contributed by atoms with E-state index >= 15 is 0 Å². The first kappa shape index (κ1) is 29.4. The van der Waals surface area contributed by atoms with E-state index in [0.717, 1.165) is 11.3 Å². The summed E-state index contributed by atoms with van der Waals surface area (Å²) < 4.78 is 74.7. The van der Waals surface area contributed by atoms with Crippen molar-refractivity contribution in [3.63, 3.8) is 0 Å². The molecule has 0 saturated carbocycles. The zero-order valence-corrected chi connectivity index (χ0v) is 23.6. The molecule has 3 heterocycles. The highest BCUT2D eigenvalue weighted by Crippen LogP contribution is 2.30. The van der Waals surface area contributed by atoms with Crippen molar-refractivity contribution in [3.05, 3.63) is 35.2 Å². The molecule has 2 aliphatic heterocycles. The number of ether oxygens (including phenoxy) is 4. The average molecular weight is 604 g/mol. The molecule has 0 bridgehead atoms. The van der Waals surface area contributed by atoms with Crippen LogP contribution in [0.4, 0.5) is 5.69 Å². The van der Waals surface area contributed by atoms with Crippen molar-refractivity contribution in [2.45, 2.75) is 15.5 Å². The molecular weight excluding hydrogens is 574 g/mol. The van der Waals surface area contributed by atoms with Crippen LogP contribution < -0.4 is 10.1 Å². The summed E-state index contributed by atoms with van der Waals surface area (Å²) in [4.78, 5) is 25.2. The molecule has 16 heteroatoms. The number of anilines is 1. The van der Waals surface area contributed by atoms with E-state index in [4.69, 9.17) is 18.9 Å². The maximum absolute atomic E-state index is 12.9. The first-order valence-electron chi connectivity index (χ1n) is 12.0. The molecule has 1 N–H and O–H groups in total. The molecule has 13 nitrogen and oxygen atoms in total. The standard InChI is InChI=1S/C23H29N3O10S3/c1-33-20-15-18(38(29,30)25-6-10-34-11-7-25)3-4-19(20)24-21(27)16-36-22(28)14-17-2-5-23(37-17)39(31,32)26-8-12-35-13-9-26/h2-5,15H,6-14,16H2,1H3,(H,24,27). The number of thiophene rings is 1. The summed E-state index contributed by atoms with van der Waals surface area (Å²) >= 11 is 0.969. The molecule has 0 atom stereocenters. The molecule has 2 fully saturated rings. The van der Waals surface area contributed by atoms with Gasteiger partial charge in [0.1, 0.15) is 9.96 Å². The quantitative estimate of drug-likeness (QED) is 0.380. The number of benzene rings is 1. The Morgan fingerprint density at radius 2 is 1.54 bits per heavy atom. The number of nitrogens with zero attached hydrogens (tertiary/aromatic N) is 2. The molecule has 2 aromatic rings. The Morgan fingerprint density at radius 1 is 0.923 bits per heavy atom. The van der Waals surface area contributed by atoms with Gasteiger partial charge in [-0.05, 0) is 24.3 Å². The number of sulfonamides is 2. The van der Waals surface area contributed by atoms with Crippen molar-refractivity contribution in [2.75, 3.05) is 71.6 Å². The summed E-state index contributed by atoms with van der Waals surface area (Å²) in [7, 11) is -6.09. The molecule has 4 rings (SSSR count). The van der Waals surface area contributed by atoms with Crippen LogP contribution in [0, 0.1) is 0 Å². The zero-order chi connectivity index (χ0) is 28.0. The van der Waals surface area contributed by atoms with Gasteiger partial charge in [0.25, 0.3) is 15.9 Å². The van der Waals surface area contributed by atoms with Crippen LogP contribution in [0.5, 0.6) is 5.75 Å². The first-order chi connectivity index (χ1) is 18.6. The number of rotatable bonds is 10. The Bertz CT molecular complexity index is 1400. The van der Waals surface area contributed by atoms with Gasteiger partial charge >= 0.3 is 5.97 Å². The van der Waals surface area contributed by atoms with Crippen LogP contribution in [-0.2, 0) is 50.3 Å². The first-order valence-corrected chi connectivity index (χ1v) is 15.7. The number of carbonyl (C=O) groups is 2. The van der Waals surface area contributed by atoms with Crippen LogP contribution in [0.2, 0.25) is 0 Å². The van der Waals surface area contributed by atoms with Crippen LogP contribution in [0.15, 0.2) is 39.4 Å². The second-order valence-corrected chi connectivity index (χ2v) is 13.8. The topological polar surface area (TPSA) is 158 Å². The van der Waals surface area contributed by atoms with Crippen LogP contribution >= 0.6 is 11.3 Å². The highest BCUT2D eigenvalue weighted by molar-refractivity contribution is 7.91. The summed E-state index contributed by atoms with van der Waals surface area (Å²) in [5.41, 5.74) is 0.204. The number of morpholine rings is 2. The second-order valence-electron chi connectivity index (χ2n) is 8.50. The van der Waals surface area contributed by atoms with E-state index < -0.39 is 38.5 Å². The minimum absolute atomic E-state index is 0.0108. The van der Waals surface area contributed by atoms with E-state index in [2.05, 4.69) is 5.32 Å². The Balaban J connectivity index is 1.31. The third kappa shape index (κ3) is 7.13. The van der Waals surface area contributed by atoms with E-state index in [0.29, 0.717) is 31.3 Å². The van der Waals surface area contributed by atoms with Crippen molar-refractivity contribution in [1.29, 1.82) is 0 Å². The molecule has 0 spiro atoms. The fraction of sp³-hybridized carbons (Fsp3) is 0.478. The highest BCUT2D eigenvalue weighted by Gasteiger charge is 2.29. The molecule has 2 saturated heterocycles. The monoisotopic (exact) mass is 603 g/mol. The van der Waals surface area contributed by atoms with Gasteiger partial charge in [-0.15, -0.1) is 11.3 Å². The van der Waals surface area contributed by atoms with Crippen LogP contribution in [0.1, 0.15) is 4.88 Å². The fourth-order valence-corrected chi connectivity index (χ4v) is 8.23. The number of esters is 1. The molecule has 1 amide bonds. The third-order valence-corrected chi connectivity index (χ3v) is 11.3. The van der Waals surface area contributed by atoms with Crippen LogP contribution in [-0.4, -0.2) is 104 Å². The predicted octanol–water partition coefficient (Wildman–Crippen LogP) is 0.523. The predicted molar refractivity (Wildman–Crippen MR) is 140 cm³/mol. The van der Waals surface area contributed by atoms with E-state index in [1.807, 2.05) is 0 Å². The highest BCUT2D eigenvalue weighted by atomic mass is 32.2. The summed E-state index contributed by atoms with van der Waals surface area (Å²) in [6, 6.07) is 7.05. The maximum Gasteiger partial charge on any atom is 0.311 e. The third-order valence-electron chi connectivity index (χ3n) is 5.94. The molecule has 1 aromatic heterocycles. The molecule has 1 aromatic carbocycles. The summed E-state index contributed by atoms with van der Waals surface area (Å²) in [6.07, 6.45) is -0.200. The lowest BCUT2D eigenvalue weighted by Crippen LogP contribution is -2.40. The number of hydrogen-bond donors (Lipinski definition) is 1. The summed E-state index contributed by atoms with van der Waals surface area (Å²) in [5, 5.41) is 2.54. The second kappa shape index (κ2) is 12.7. The molecule has 2 aliphatic rings. The minimum atomic E-state index is -3.76. The number of carbonyl (C=O) groups excluding carboxylic acids is 2. The van der Waals surface area contributed by atoms with Gasteiger partial charge in [0.15, 0.2) is 6.61 Å². The van der Waals surface area contributed by atoms with Crippen molar-refractivity contribution in [2.24, 2.45) is 0 Å². The number of methoxy groups -OCH3 is 1. The summed E-state index contributed by atoms with van der Waals surface area (Å²) in [5.74, 6) is -1.25. The largest absolute Gasteiger partial charge is 0.495 e. The van der Waals surface area contributed by atoms with Crippen LogP contribution in [0.25, 0.3) is 0 Å². The van der Waals surface area contributed by atoms with Gasteiger partial charge in [-0.25, -0.2) is 16.8 Å². The molecule has 0 radical (unpaired) electrons. The Kier molecular flexibility index (Phi) is 9.58. The smallest absolute Gasteiger partial charge is 0.311 e. The molecule has 0 aliphatic carbocycles. The van der Waals surface area contributed by atoms with Gasteiger partial charge in [0.05, 0.1) is 50.5 Å². The van der Waals surface area contributed by atoms with Crippen molar-refractivity contribution in [3.8, 4) is 5.75 Å². The number of hydrogen-bond acceptors (Lipinski definition) is 11. The molecule has 214 valence electrons. The number of amides is 1. The average Bonchev–Trinajstić information content (AvgIpc) is 3.42. The zero-order valence-electron chi connectivity index (χ0n) is 21.2. The lowest BCUT2D eigenvalue weighted by Gasteiger charge is -2.26. The lowest BCUT2D eigenvalue weighted by atomic mass is 10.3. The Morgan fingerprint density at radius 3 is 2.15 bits per heavy atom. The van der Waals surface area contributed by atoms with E-state index in [1.54, 1.807) is 0 Å². The minimum Gasteiger partial charge on any atom is -0.495 e. The van der Waals surface area contributed by atoms with Crippen molar-refractivity contribution < 1.29 is 45.4 Å². The molecule has 0 unspecified atom stereocenters.